The lowest BCUT2D eigenvalue weighted by molar-refractivity contribution is 0.0950. The van der Waals surface area contributed by atoms with Crippen LogP contribution in [0.4, 0.5) is 0 Å². The molecule has 1 amide bonds. The van der Waals surface area contributed by atoms with Crippen LogP contribution >= 0.6 is 23.2 Å². The van der Waals surface area contributed by atoms with Crippen LogP contribution in [-0.2, 0) is 6.54 Å². The normalized spacial score (nSPS) is 10.2. The molecule has 0 spiro atoms. The lowest BCUT2D eigenvalue weighted by Gasteiger charge is -2.10. The van der Waals surface area contributed by atoms with Gasteiger partial charge in [-0.05, 0) is 36.4 Å². The Morgan fingerprint density at radius 1 is 1.10 bits per heavy atom. The minimum Gasteiger partial charge on any atom is -0.496 e. The molecule has 0 atom stereocenters. The van der Waals surface area contributed by atoms with Crippen molar-refractivity contribution in [2.24, 2.45) is 0 Å². The molecule has 0 bridgehead atoms. The minimum atomic E-state index is -0.168. The molecule has 2 rings (SSSR count). The van der Waals surface area contributed by atoms with Crippen molar-refractivity contribution in [1.82, 2.24) is 5.32 Å². The van der Waals surface area contributed by atoms with Gasteiger partial charge in [0, 0.05) is 27.7 Å². The Bertz CT molecular complexity index is 612. The van der Waals surface area contributed by atoms with Crippen molar-refractivity contribution in [3.05, 3.63) is 63.6 Å². The van der Waals surface area contributed by atoms with Gasteiger partial charge in [-0.1, -0.05) is 29.3 Å². The Labute approximate surface area is 127 Å². The van der Waals surface area contributed by atoms with Crippen molar-refractivity contribution in [1.29, 1.82) is 0 Å². The highest BCUT2D eigenvalue weighted by Gasteiger charge is 2.08. The predicted octanol–water partition coefficient (Wildman–Crippen LogP) is 3.93. The van der Waals surface area contributed by atoms with E-state index in [1.165, 1.54) is 0 Å². The fourth-order valence-corrected chi connectivity index (χ4v) is 2.03. The molecule has 0 radical (unpaired) electrons. The average Bonchev–Trinajstić information content (AvgIpc) is 2.46. The topological polar surface area (TPSA) is 38.3 Å². The number of hydrogen-bond acceptors (Lipinski definition) is 2. The summed E-state index contributed by atoms with van der Waals surface area (Å²) in [4.78, 5) is 12.0. The molecule has 0 aliphatic heterocycles. The first-order valence-electron chi connectivity index (χ1n) is 5.96. The molecule has 0 fully saturated rings. The van der Waals surface area contributed by atoms with Crippen LogP contribution in [0.25, 0.3) is 0 Å². The second-order valence-corrected chi connectivity index (χ2v) is 5.02. The van der Waals surface area contributed by atoms with Crippen LogP contribution < -0.4 is 10.1 Å². The summed E-state index contributed by atoms with van der Waals surface area (Å²) in [6, 6.07) is 12.0. The zero-order valence-electron chi connectivity index (χ0n) is 10.8. The molecule has 0 heterocycles. The monoisotopic (exact) mass is 309 g/mol. The molecule has 0 aliphatic carbocycles. The van der Waals surface area contributed by atoms with E-state index in [4.69, 9.17) is 27.9 Å². The maximum Gasteiger partial charge on any atom is 0.251 e. The summed E-state index contributed by atoms with van der Waals surface area (Å²) in [6.07, 6.45) is 0. The third kappa shape index (κ3) is 3.65. The van der Waals surface area contributed by atoms with Gasteiger partial charge in [-0.2, -0.15) is 0 Å². The molecular formula is C15H13Cl2NO2. The molecule has 5 heteroatoms. The molecule has 2 aromatic carbocycles. The maximum atomic E-state index is 12.0. The zero-order valence-corrected chi connectivity index (χ0v) is 12.3. The van der Waals surface area contributed by atoms with Crippen LogP contribution in [-0.4, -0.2) is 13.0 Å². The second-order valence-electron chi connectivity index (χ2n) is 4.15. The van der Waals surface area contributed by atoms with Gasteiger partial charge in [-0.15, -0.1) is 0 Å². The van der Waals surface area contributed by atoms with Crippen LogP contribution in [0.15, 0.2) is 42.5 Å². The van der Waals surface area contributed by atoms with E-state index < -0.39 is 0 Å². The molecular weight excluding hydrogens is 297 g/mol. The summed E-state index contributed by atoms with van der Waals surface area (Å²) in [6.45, 7) is 0.363. The number of halogens is 2. The first-order chi connectivity index (χ1) is 9.60. The molecule has 0 saturated carbocycles. The molecule has 3 nitrogen and oxygen atoms in total. The lowest BCUT2D eigenvalue weighted by atomic mass is 10.1. The summed E-state index contributed by atoms with van der Waals surface area (Å²) in [5.74, 6) is 0.479. The van der Waals surface area contributed by atoms with Gasteiger partial charge in [0.1, 0.15) is 5.75 Å². The SMILES string of the molecule is COc1cc(Cl)ccc1CNC(=O)c1ccc(Cl)cc1. The highest BCUT2D eigenvalue weighted by atomic mass is 35.5. The number of methoxy groups -OCH3 is 1. The van der Waals surface area contributed by atoms with Crippen LogP contribution in [0.1, 0.15) is 15.9 Å². The molecule has 0 unspecified atom stereocenters. The van der Waals surface area contributed by atoms with Gasteiger partial charge >= 0.3 is 0 Å². The Morgan fingerprint density at radius 2 is 1.75 bits per heavy atom. The molecule has 0 aromatic heterocycles. The van der Waals surface area contributed by atoms with Gasteiger partial charge in [0.05, 0.1) is 7.11 Å². The van der Waals surface area contributed by atoms with Gasteiger partial charge < -0.3 is 10.1 Å². The molecule has 20 heavy (non-hydrogen) atoms. The highest BCUT2D eigenvalue weighted by Crippen LogP contribution is 2.23. The summed E-state index contributed by atoms with van der Waals surface area (Å²) in [5.41, 5.74) is 1.42. The summed E-state index contributed by atoms with van der Waals surface area (Å²) >= 11 is 11.7. The Balaban J connectivity index is 2.05. The predicted molar refractivity (Wildman–Crippen MR) is 80.6 cm³/mol. The number of amides is 1. The van der Waals surface area contributed by atoms with Gasteiger partial charge in [-0.3, -0.25) is 4.79 Å². The Hall–Kier alpha value is -1.71. The first-order valence-corrected chi connectivity index (χ1v) is 6.72. The number of carbonyl (C=O) groups excluding carboxylic acids is 1. The third-order valence-electron chi connectivity index (χ3n) is 2.79. The fraction of sp³-hybridized carbons (Fsp3) is 0.133. The molecule has 2 aromatic rings. The summed E-state index contributed by atoms with van der Waals surface area (Å²) in [7, 11) is 1.57. The van der Waals surface area contributed by atoms with E-state index in [2.05, 4.69) is 5.32 Å². The summed E-state index contributed by atoms with van der Waals surface area (Å²) < 4.78 is 5.23. The van der Waals surface area contributed by atoms with E-state index in [9.17, 15) is 4.79 Å². The van der Waals surface area contributed by atoms with Crippen LogP contribution in [0.2, 0.25) is 10.0 Å². The van der Waals surface area contributed by atoms with Gasteiger partial charge in [0.15, 0.2) is 0 Å². The van der Waals surface area contributed by atoms with Crippen molar-refractivity contribution >= 4 is 29.1 Å². The number of rotatable bonds is 4. The van der Waals surface area contributed by atoms with Gasteiger partial charge in [-0.25, -0.2) is 0 Å². The van der Waals surface area contributed by atoms with Crippen molar-refractivity contribution < 1.29 is 9.53 Å². The number of ether oxygens (including phenoxy) is 1. The number of nitrogens with one attached hydrogen (secondary N) is 1. The highest BCUT2D eigenvalue weighted by molar-refractivity contribution is 6.31. The number of benzene rings is 2. The largest absolute Gasteiger partial charge is 0.496 e. The van der Waals surface area contributed by atoms with Crippen molar-refractivity contribution in [2.45, 2.75) is 6.54 Å². The second kappa shape index (κ2) is 6.64. The Kier molecular flexibility index (Phi) is 4.88. The average molecular weight is 310 g/mol. The van der Waals surface area contributed by atoms with Gasteiger partial charge in [0.2, 0.25) is 0 Å². The standard InChI is InChI=1S/C15H13Cl2NO2/c1-20-14-8-13(17)7-4-11(14)9-18-15(19)10-2-5-12(16)6-3-10/h2-8H,9H2,1H3,(H,18,19). The van der Waals surface area contributed by atoms with E-state index in [1.807, 2.05) is 6.07 Å². The van der Waals surface area contributed by atoms with E-state index >= 15 is 0 Å². The lowest BCUT2D eigenvalue weighted by Crippen LogP contribution is -2.22. The third-order valence-corrected chi connectivity index (χ3v) is 3.28. The smallest absolute Gasteiger partial charge is 0.251 e. The molecule has 104 valence electrons. The number of hydrogen-bond donors (Lipinski definition) is 1. The molecule has 0 aliphatic rings. The van der Waals surface area contributed by atoms with Crippen LogP contribution in [0.3, 0.4) is 0 Å². The van der Waals surface area contributed by atoms with Crippen LogP contribution in [0.5, 0.6) is 5.75 Å². The van der Waals surface area contributed by atoms with E-state index in [-0.39, 0.29) is 5.91 Å². The maximum absolute atomic E-state index is 12.0. The van der Waals surface area contributed by atoms with Crippen molar-refractivity contribution in [2.75, 3.05) is 7.11 Å². The first kappa shape index (κ1) is 14.7. The van der Waals surface area contributed by atoms with Crippen LogP contribution in [0, 0.1) is 0 Å². The Morgan fingerprint density at radius 3 is 2.40 bits per heavy atom. The number of carbonyl (C=O) groups is 1. The summed E-state index contributed by atoms with van der Waals surface area (Å²) in [5, 5.41) is 4.01. The molecule has 0 saturated heterocycles. The van der Waals surface area contributed by atoms with Crippen molar-refractivity contribution in [3.8, 4) is 5.75 Å². The van der Waals surface area contributed by atoms with E-state index in [1.54, 1.807) is 43.5 Å². The van der Waals surface area contributed by atoms with Crippen molar-refractivity contribution in [3.63, 3.8) is 0 Å². The van der Waals surface area contributed by atoms with E-state index in [0.29, 0.717) is 27.9 Å². The zero-order chi connectivity index (χ0) is 14.5. The minimum absolute atomic E-state index is 0.168. The van der Waals surface area contributed by atoms with Gasteiger partial charge in [0.25, 0.3) is 5.91 Å². The fourth-order valence-electron chi connectivity index (χ4n) is 1.74. The molecule has 1 N–H and O–H groups in total. The van der Waals surface area contributed by atoms with E-state index in [0.717, 1.165) is 5.56 Å². The quantitative estimate of drug-likeness (QED) is 0.929.